The lowest BCUT2D eigenvalue weighted by molar-refractivity contribution is 0.0450. The normalized spacial score (nSPS) is 10.8. The summed E-state index contributed by atoms with van der Waals surface area (Å²) in [7, 11) is 0. The van der Waals surface area contributed by atoms with Crippen molar-refractivity contribution in [3.05, 3.63) is 35.4 Å². The lowest BCUT2D eigenvalue weighted by Crippen LogP contribution is -2.15. The fourth-order valence-corrected chi connectivity index (χ4v) is 3.80. The molecule has 0 fully saturated rings. The molecule has 0 aliphatic rings. The van der Waals surface area contributed by atoms with E-state index < -0.39 is 11.9 Å². The van der Waals surface area contributed by atoms with Crippen molar-refractivity contribution in [1.29, 1.82) is 0 Å². The van der Waals surface area contributed by atoms with Gasteiger partial charge in [0.25, 0.3) is 0 Å². The van der Waals surface area contributed by atoms with Gasteiger partial charge in [-0.15, -0.1) is 0 Å². The van der Waals surface area contributed by atoms with Gasteiger partial charge in [0.1, 0.15) is 0 Å². The summed E-state index contributed by atoms with van der Waals surface area (Å²) in [5.74, 6) is -0.883. The average molecular weight is 447 g/mol. The van der Waals surface area contributed by atoms with Crippen LogP contribution in [0.25, 0.3) is 0 Å². The summed E-state index contributed by atoms with van der Waals surface area (Å²) >= 11 is 0. The minimum absolute atomic E-state index is 0.294. The van der Waals surface area contributed by atoms with Gasteiger partial charge in [-0.3, -0.25) is 0 Å². The van der Waals surface area contributed by atoms with Crippen LogP contribution in [0.3, 0.4) is 0 Å². The van der Waals surface area contributed by atoms with Gasteiger partial charge in [0.15, 0.2) is 0 Å². The molecule has 0 saturated carbocycles. The van der Waals surface area contributed by atoms with Gasteiger partial charge in [0.05, 0.1) is 24.3 Å². The van der Waals surface area contributed by atoms with Crippen LogP contribution < -0.4 is 0 Å². The Morgan fingerprint density at radius 2 is 0.844 bits per heavy atom. The molecule has 0 heterocycles. The van der Waals surface area contributed by atoms with E-state index in [0.717, 1.165) is 38.5 Å². The first kappa shape index (κ1) is 28.2. The summed E-state index contributed by atoms with van der Waals surface area (Å²) < 4.78 is 10.8. The molecule has 0 N–H and O–H groups in total. The third-order valence-electron chi connectivity index (χ3n) is 5.83. The molecule has 1 aromatic carbocycles. The van der Waals surface area contributed by atoms with E-state index in [1.54, 1.807) is 24.3 Å². The number of rotatable bonds is 20. The Labute approximate surface area is 196 Å². The first-order chi connectivity index (χ1) is 15.7. The molecule has 0 saturated heterocycles. The minimum Gasteiger partial charge on any atom is -0.462 e. The SMILES string of the molecule is CCCCCCCCCCCCCCOC(=O)c1ccccc1C(=O)OCCCCCC. The van der Waals surface area contributed by atoms with Crippen molar-refractivity contribution in [2.24, 2.45) is 0 Å². The van der Waals surface area contributed by atoms with Crippen LogP contribution in [0, 0.1) is 0 Å². The van der Waals surface area contributed by atoms with Gasteiger partial charge in [-0.25, -0.2) is 9.59 Å². The lowest BCUT2D eigenvalue weighted by Gasteiger charge is -2.10. The summed E-state index contributed by atoms with van der Waals surface area (Å²) in [6.45, 7) is 5.19. The van der Waals surface area contributed by atoms with Crippen LogP contribution in [0.2, 0.25) is 0 Å². The van der Waals surface area contributed by atoms with Crippen molar-refractivity contribution in [2.45, 2.75) is 117 Å². The third kappa shape index (κ3) is 13.5. The molecule has 0 atom stereocenters. The van der Waals surface area contributed by atoms with Crippen LogP contribution in [0.15, 0.2) is 24.3 Å². The van der Waals surface area contributed by atoms with E-state index in [1.165, 1.54) is 64.2 Å². The highest BCUT2D eigenvalue weighted by Gasteiger charge is 2.18. The van der Waals surface area contributed by atoms with E-state index in [2.05, 4.69) is 13.8 Å². The van der Waals surface area contributed by atoms with Gasteiger partial charge in [-0.2, -0.15) is 0 Å². The monoisotopic (exact) mass is 446 g/mol. The van der Waals surface area contributed by atoms with E-state index in [4.69, 9.17) is 9.47 Å². The molecule has 4 heteroatoms. The number of hydrogen-bond acceptors (Lipinski definition) is 4. The van der Waals surface area contributed by atoms with Crippen LogP contribution in [0.4, 0.5) is 0 Å². The quantitative estimate of drug-likeness (QED) is 0.149. The fraction of sp³-hybridized carbons (Fsp3) is 0.714. The summed E-state index contributed by atoms with van der Waals surface area (Å²) in [4.78, 5) is 24.8. The van der Waals surface area contributed by atoms with Gasteiger partial charge in [-0.05, 0) is 25.0 Å². The predicted octanol–water partition coefficient (Wildman–Crippen LogP) is 8.28. The Morgan fingerprint density at radius 1 is 0.531 bits per heavy atom. The maximum Gasteiger partial charge on any atom is 0.339 e. The van der Waals surface area contributed by atoms with Gasteiger partial charge >= 0.3 is 11.9 Å². The second-order valence-corrected chi connectivity index (χ2v) is 8.77. The van der Waals surface area contributed by atoms with Gasteiger partial charge in [-0.1, -0.05) is 116 Å². The summed E-state index contributed by atoms with van der Waals surface area (Å²) in [5, 5.41) is 0. The second kappa shape index (κ2) is 19.8. The van der Waals surface area contributed by atoms with Crippen LogP contribution >= 0.6 is 0 Å². The average Bonchev–Trinajstić information content (AvgIpc) is 2.81. The molecule has 0 bridgehead atoms. The molecular formula is C28H46O4. The van der Waals surface area contributed by atoms with Crippen molar-refractivity contribution in [3.8, 4) is 0 Å². The minimum atomic E-state index is -0.445. The molecule has 0 aliphatic heterocycles. The van der Waals surface area contributed by atoms with Crippen LogP contribution in [0.5, 0.6) is 0 Å². The molecule has 0 unspecified atom stereocenters. The maximum atomic E-state index is 12.5. The topological polar surface area (TPSA) is 52.6 Å². The zero-order chi connectivity index (χ0) is 23.3. The summed E-state index contributed by atoms with van der Waals surface area (Å²) in [6.07, 6.45) is 19.4. The third-order valence-corrected chi connectivity index (χ3v) is 5.83. The van der Waals surface area contributed by atoms with Crippen LogP contribution in [0.1, 0.15) is 137 Å². The number of carbonyl (C=O) groups excluding carboxylic acids is 2. The van der Waals surface area contributed by atoms with Crippen molar-refractivity contribution in [3.63, 3.8) is 0 Å². The van der Waals surface area contributed by atoms with Crippen LogP contribution in [-0.2, 0) is 9.47 Å². The Kier molecular flexibility index (Phi) is 17.5. The van der Waals surface area contributed by atoms with Crippen molar-refractivity contribution < 1.29 is 19.1 Å². The Balaban J connectivity index is 2.16. The molecule has 0 aliphatic carbocycles. The first-order valence-electron chi connectivity index (χ1n) is 13.1. The predicted molar refractivity (Wildman–Crippen MR) is 132 cm³/mol. The number of carbonyl (C=O) groups is 2. The molecule has 0 radical (unpaired) electrons. The number of ether oxygens (including phenoxy) is 2. The Bertz CT molecular complexity index is 611. The molecule has 0 amide bonds. The zero-order valence-corrected chi connectivity index (χ0v) is 20.7. The molecule has 0 aromatic heterocycles. The largest absolute Gasteiger partial charge is 0.462 e. The highest BCUT2D eigenvalue weighted by molar-refractivity contribution is 6.03. The fourth-order valence-electron chi connectivity index (χ4n) is 3.80. The molecule has 0 spiro atoms. The van der Waals surface area contributed by atoms with E-state index in [-0.39, 0.29) is 0 Å². The van der Waals surface area contributed by atoms with Gasteiger partial charge in [0.2, 0.25) is 0 Å². The molecule has 32 heavy (non-hydrogen) atoms. The first-order valence-corrected chi connectivity index (χ1v) is 13.1. The number of benzene rings is 1. The Morgan fingerprint density at radius 3 is 1.22 bits per heavy atom. The Hall–Kier alpha value is -1.84. The number of unbranched alkanes of at least 4 members (excludes halogenated alkanes) is 14. The zero-order valence-electron chi connectivity index (χ0n) is 20.7. The smallest absolute Gasteiger partial charge is 0.339 e. The van der Waals surface area contributed by atoms with E-state index in [0.29, 0.717) is 24.3 Å². The lowest BCUT2D eigenvalue weighted by atomic mass is 10.1. The molecule has 4 nitrogen and oxygen atoms in total. The van der Waals surface area contributed by atoms with Gasteiger partial charge in [0, 0.05) is 0 Å². The van der Waals surface area contributed by atoms with Crippen molar-refractivity contribution >= 4 is 11.9 Å². The van der Waals surface area contributed by atoms with E-state index in [1.807, 2.05) is 0 Å². The van der Waals surface area contributed by atoms with E-state index >= 15 is 0 Å². The van der Waals surface area contributed by atoms with Crippen LogP contribution in [-0.4, -0.2) is 25.2 Å². The summed E-state index contributed by atoms with van der Waals surface area (Å²) in [5.41, 5.74) is 0.590. The standard InChI is InChI=1S/C28H46O4/c1-3-5-7-9-10-11-12-13-14-15-16-20-24-32-28(30)26-22-18-17-21-25(26)27(29)31-23-19-8-6-4-2/h17-18,21-22H,3-16,19-20,23-24H2,1-2H3. The number of esters is 2. The molecule has 1 rings (SSSR count). The highest BCUT2D eigenvalue weighted by atomic mass is 16.5. The second-order valence-electron chi connectivity index (χ2n) is 8.77. The molecular weight excluding hydrogens is 400 g/mol. The van der Waals surface area contributed by atoms with E-state index in [9.17, 15) is 9.59 Å². The highest BCUT2D eigenvalue weighted by Crippen LogP contribution is 2.14. The maximum absolute atomic E-state index is 12.5. The summed E-state index contributed by atoms with van der Waals surface area (Å²) in [6, 6.07) is 6.77. The molecule has 182 valence electrons. The number of hydrogen-bond donors (Lipinski definition) is 0. The van der Waals surface area contributed by atoms with Crippen molar-refractivity contribution in [2.75, 3.05) is 13.2 Å². The van der Waals surface area contributed by atoms with Crippen molar-refractivity contribution in [1.82, 2.24) is 0 Å². The molecule has 1 aromatic rings. The van der Waals surface area contributed by atoms with Gasteiger partial charge < -0.3 is 9.47 Å².